The first-order chi connectivity index (χ1) is 12.6. The largest absolute Gasteiger partial charge is 0.357 e. The van der Waals surface area contributed by atoms with Crippen LogP contribution in [0.3, 0.4) is 0 Å². The van der Waals surface area contributed by atoms with Crippen LogP contribution < -0.4 is 4.90 Å². The minimum atomic E-state index is -0.315. The number of rotatable bonds is 1. The van der Waals surface area contributed by atoms with Crippen LogP contribution in [0.25, 0.3) is 0 Å². The SMILES string of the molecule is CN1Cc2ccccc2CC2(CCN(c3ccc(C#N)cn3)CC2)C1=O. The van der Waals surface area contributed by atoms with Crippen molar-refractivity contribution in [3.63, 3.8) is 0 Å². The summed E-state index contributed by atoms with van der Waals surface area (Å²) in [7, 11) is 1.92. The first kappa shape index (κ1) is 16.6. The summed E-state index contributed by atoms with van der Waals surface area (Å²) in [6, 6.07) is 14.2. The number of fused-ring (bicyclic) bond motifs is 1. The number of carbonyl (C=O) groups excluding carboxylic acids is 1. The van der Waals surface area contributed by atoms with Gasteiger partial charge in [0.2, 0.25) is 5.91 Å². The minimum Gasteiger partial charge on any atom is -0.357 e. The van der Waals surface area contributed by atoms with Crippen LogP contribution in [-0.4, -0.2) is 35.9 Å². The Morgan fingerprint density at radius 3 is 2.50 bits per heavy atom. The summed E-state index contributed by atoms with van der Waals surface area (Å²) >= 11 is 0. The van der Waals surface area contributed by atoms with Crippen LogP contribution in [0.4, 0.5) is 5.82 Å². The number of carbonyl (C=O) groups is 1. The molecule has 0 N–H and O–H groups in total. The van der Waals surface area contributed by atoms with Crippen LogP contribution in [0.15, 0.2) is 42.6 Å². The third-order valence-corrected chi connectivity index (χ3v) is 5.78. The highest BCUT2D eigenvalue weighted by Gasteiger charge is 2.44. The number of amides is 1. The molecule has 0 aliphatic carbocycles. The van der Waals surface area contributed by atoms with E-state index in [1.54, 1.807) is 12.3 Å². The Morgan fingerprint density at radius 2 is 1.85 bits per heavy atom. The lowest BCUT2D eigenvalue weighted by Crippen LogP contribution is -2.49. The molecule has 0 radical (unpaired) electrons. The number of aromatic nitrogens is 1. The van der Waals surface area contributed by atoms with Gasteiger partial charge in [-0.05, 0) is 42.5 Å². The van der Waals surface area contributed by atoms with Crippen molar-refractivity contribution in [2.75, 3.05) is 25.0 Å². The van der Waals surface area contributed by atoms with E-state index < -0.39 is 0 Å². The van der Waals surface area contributed by atoms with Crippen molar-refractivity contribution in [3.05, 3.63) is 59.3 Å². The van der Waals surface area contributed by atoms with Crippen LogP contribution in [0.2, 0.25) is 0 Å². The molecule has 0 saturated carbocycles. The molecular weight excluding hydrogens is 324 g/mol. The highest BCUT2D eigenvalue weighted by Crippen LogP contribution is 2.40. The predicted molar refractivity (Wildman–Crippen MR) is 99.5 cm³/mol. The summed E-state index contributed by atoms with van der Waals surface area (Å²) in [5.41, 5.74) is 2.82. The van der Waals surface area contributed by atoms with Crippen LogP contribution in [0, 0.1) is 16.7 Å². The molecule has 1 fully saturated rings. The Labute approximate surface area is 153 Å². The quantitative estimate of drug-likeness (QED) is 0.797. The predicted octanol–water partition coefficient (Wildman–Crippen LogP) is 2.75. The maximum atomic E-state index is 13.2. The smallest absolute Gasteiger partial charge is 0.229 e. The second-order valence-corrected chi connectivity index (χ2v) is 7.39. The molecule has 132 valence electrons. The van der Waals surface area contributed by atoms with E-state index in [1.165, 1.54) is 11.1 Å². The number of anilines is 1. The van der Waals surface area contributed by atoms with Crippen molar-refractivity contribution >= 4 is 11.7 Å². The van der Waals surface area contributed by atoms with Crippen molar-refractivity contribution in [3.8, 4) is 6.07 Å². The Hall–Kier alpha value is -2.87. The maximum Gasteiger partial charge on any atom is 0.229 e. The lowest BCUT2D eigenvalue weighted by Gasteiger charge is -2.41. The molecule has 1 aromatic heterocycles. The van der Waals surface area contributed by atoms with Crippen LogP contribution in [0.1, 0.15) is 29.5 Å². The Balaban J connectivity index is 1.56. The van der Waals surface area contributed by atoms with Crippen LogP contribution in [0.5, 0.6) is 0 Å². The molecular formula is C21H22N4O. The van der Waals surface area contributed by atoms with Gasteiger partial charge in [0.1, 0.15) is 11.9 Å². The first-order valence-electron chi connectivity index (χ1n) is 9.05. The molecule has 0 atom stereocenters. The van der Waals surface area contributed by atoms with Gasteiger partial charge in [0, 0.05) is 32.9 Å². The number of piperidine rings is 1. The van der Waals surface area contributed by atoms with E-state index in [-0.39, 0.29) is 11.3 Å². The first-order valence-corrected chi connectivity index (χ1v) is 9.05. The molecule has 5 heteroatoms. The third-order valence-electron chi connectivity index (χ3n) is 5.78. The lowest BCUT2D eigenvalue weighted by atomic mass is 9.73. The zero-order valence-corrected chi connectivity index (χ0v) is 15.0. The molecule has 5 nitrogen and oxygen atoms in total. The average molecular weight is 346 g/mol. The van der Waals surface area contributed by atoms with Gasteiger partial charge in [-0.3, -0.25) is 4.79 Å². The number of pyridine rings is 1. The number of nitriles is 1. The van der Waals surface area contributed by atoms with Crippen molar-refractivity contribution in [2.24, 2.45) is 5.41 Å². The number of benzene rings is 1. The van der Waals surface area contributed by atoms with Gasteiger partial charge in [-0.1, -0.05) is 24.3 Å². The molecule has 2 aliphatic rings. The molecule has 1 spiro atoms. The highest BCUT2D eigenvalue weighted by atomic mass is 16.2. The van der Waals surface area contributed by atoms with Gasteiger partial charge < -0.3 is 9.80 Å². The zero-order chi connectivity index (χ0) is 18.1. The molecule has 1 aromatic carbocycles. The molecule has 2 aliphatic heterocycles. The van der Waals surface area contributed by atoms with Gasteiger partial charge in [-0.2, -0.15) is 5.26 Å². The van der Waals surface area contributed by atoms with E-state index in [4.69, 9.17) is 5.26 Å². The van der Waals surface area contributed by atoms with E-state index in [9.17, 15) is 4.79 Å². The second kappa shape index (κ2) is 6.45. The van der Waals surface area contributed by atoms with Crippen molar-refractivity contribution in [1.29, 1.82) is 5.26 Å². The van der Waals surface area contributed by atoms with E-state index in [0.29, 0.717) is 12.1 Å². The number of hydrogen-bond acceptors (Lipinski definition) is 4. The topological polar surface area (TPSA) is 60.2 Å². The van der Waals surface area contributed by atoms with Gasteiger partial charge in [-0.25, -0.2) is 4.98 Å². The molecule has 0 bridgehead atoms. The number of nitrogens with zero attached hydrogens (tertiary/aromatic N) is 4. The van der Waals surface area contributed by atoms with E-state index >= 15 is 0 Å². The summed E-state index contributed by atoms with van der Waals surface area (Å²) in [5.74, 6) is 1.15. The summed E-state index contributed by atoms with van der Waals surface area (Å²) in [5, 5.41) is 8.92. The van der Waals surface area contributed by atoms with E-state index in [1.807, 2.05) is 24.1 Å². The average Bonchev–Trinajstić information content (AvgIpc) is 2.78. The van der Waals surface area contributed by atoms with Gasteiger partial charge in [0.15, 0.2) is 0 Å². The monoisotopic (exact) mass is 346 g/mol. The highest BCUT2D eigenvalue weighted by molar-refractivity contribution is 5.84. The summed E-state index contributed by atoms with van der Waals surface area (Å²) in [6.45, 7) is 2.30. The summed E-state index contributed by atoms with van der Waals surface area (Å²) < 4.78 is 0. The third kappa shape index (κ3) is 2.82. The number of hydrogen-bond donors (Lipinski definition) is 0. The Morgan fingerprint density at radius 1 is 1.12 bits per heavy atom. The Kier molecular flexibility index (Phi) is 4.12. The van der Waals surface area contributed by atoms with Gasteiger partial charge in [0.05, 0.1) is 11.0 Å². The molecule has 4 rings (SSSR count). The van der Waals surface area contributed by atoms with Crippen LogP contribution in [-0.2, 0) is 17.8 Å². The molecule has 26 heavy (non-hydrogen) atoms. The van der Waals surface area contributed by atoms with Crippen molar-refractivity contribution in [2.45, 2.75) is 25.8 Å². The van der Waals surface area contributed by atoms with Crippen LogP contribution >= 0.6 is 0 Å². The van der Waals surface area contributed by atoms with E-state index in [2.05, 4.69) is 34.2 Å². The van der Waals surface area contributed by atoms with Crippen molar-refractivity contribution < 1.29 is 4.79 Å². The Bertz CT molecular complexity index is 860. The molecule has 0 unspecified atom stereocenters. The minimum absolute atomic E-state index is 0.265. The fourth-order valence-electron chi connectivity index (χ4n) is 4.25. The molecule has 3 heterocycles. The normalized spacial score (nSPS) is 19.0. The van der Waals surface area contributed by atoms with Gasteiger partial charge in [-0.15, -0.1) is 0 Å². The molecule has 1 saturated heterocycles. The second-order valence-electron chi connectivity index (χ2n) is 7.39. The maximum absolute atomic E-state index is 13.2. The summed E-state index contributed by atoms with van der Waals surface area (Å²) in [6.07, 6.45) is 4.08. The summed E-state index contributed by atoms with van der Waals surface area (Å²) in [4.78, 5) is 21.7. The standard InChI is InChI=1S/C21H22N4O/c1-24-15-18-5-3-2-4-17(18)12-21(20(24)26)8-10-25(11-9-21)19-7-6-16(13-22)14-23-19/h2-7,14H,8-12,15H2,1H3. The zero-order valence-electron chi connectivity index (χ0n) is 15.0. The fourth-order valence-corrected chi connectivity index (χ4v) is 4.25. The lowest BCUT2D eigenvalue weighted by molar-refractivity contribution is -0.142. The molecule has 2 aromatic rings. The molecule has 1 amide bonds. The van der Waals surface area contributed by atoms with Gasteiger partial charge in [0.25, 0.3) is 0 Å². The fraction of sp³-hybridized carbons (Fsp3) is 0.381. The van der Waals surface area contributed by atoms with E-state index in [0.717, 1.165) is 38.2 Å². The van der Waals surface area contributed by atoms with Gasteiger partial charge >= 0.3 is 0 Å². The van der Waals surface area contributed by atoms with Crippen molar-refractivity contribution in [1.82, 2.24) is 9.88 Å².